The molecule has 0 spiro atoms. The molecule has 1 aromatic carbocycles. The van der Waals surface area contributed by atoms with Crippen molar-refractivity contribution in [3.63, 3.8) is 0 Å². The van der Waals surface area contributed by atoms with Gasteiger partial charge < -0.3 is 5.32 Å². The molecule has 0 aliphatic heterocycles. The molecule has 96 valence electrons. The van der Waals surface area contributed by atoms with Gasteiger partial charge in [-0.25, -0.2) is 4.39 Å². The fourth-order valence-corrected chi connectivity index (χ4v) is 3.69. The van der Waals surface area contributed by atoms with E-state index in [0.29, 0.717) is 5.02 Å². The van der Waals surface area contributed by atoms with Gasteiger partial charge >= 0.3 is 0 Å². The summed E-state index contributed by atoms with van der Waals surface area (Å²) in [5.74, 6) is -0.304. The number of hydrogen-bond acceptors (Lipinski definition) is 2. The average Bonchev–Trinajstić information content (AvgIpc) is 2.75. The van der Waals surface area contributed by atoms with Crippen molar-refractivity contribution < 1.29 is 4.39 Å². The second-order valence-electron chi connectivity index (χ2n) is 3.96. The zero-order valence-corrected chi connectivity index (χ0v) is 12.9. The Bertz CT molecular complexity index is 544. The molecule has 0 aliphatic rings. The van der Waals surface area contributed by atoms with Crippen molar-refractivity contribution in [2.24, 2.45) is 0 Å². The summed E-state index contributed by atoms with van der Waals surface area (Å²) < 4.78 is 14.1. The van der Waals surface area contributed by atoms with Crippen LogP contribution in [0.4, 0.5) is 4.39 Å². The molecule has 1 nitrogen and oxygen atoms in total. The summed E-state index contributed by atoms with van der Waals surface area (Å²) in [6, 6.07) is 4.69. The minimum absolute atomic E-state index is 0.161. The molecule has 0 fully saturated rings. The van der Waals surface area contributed by atoms with Crippen LogP contribution in [0.25, 0.3) is 0 Å². The highest BCUT2D eigenvalue weighted by molar-refractivity contribution is 9.10. The van der Waals surface area contributed by atoms with Crippen molar-refractivity contribution in [2.45, 2.75) is 12.5 Å². The zero-order valence-electron chi connectivity index (χ0n) is 9.71. The van der Waals surface area contributed by atoms with Crippen LogP contribution in [0.1, 0.15) is 17.2 Å². The van der Waals surface area contributed by atoms with Gasteiger partial charge in [0.1, 0.15) is 5.82 Å². The SMILES string of the molecule is CNC(Cc1ccc(F)cc1Cl)c1cscc1Br. The Labute approximate surface area is 123 Å². The van der Waals surface area contributed by atoms with Gasteiger partial charge in [0.05, 0.1) is 0 Å². The highest BCUT2D eigenvalue weighted by atomic mass is 79.9. The third-order valence-corrected chi connectivity index (χ3v) is 4.91. The first-order valence-electron chi connectivity index (χ1n) is 5.44. The quantitative estimate of drug-likeness (QED) is 0.836. The monoisotopic (exact) mass is 347 g/mol. The third kappa shape index (κ3) is 3.12. The van der Waals surface area contributed by atoms with Crippen LogP contribution in [0.3, 0.4) is 0 Å². The second-order valence-corrected chi connectivity index (χ2v) is 5.96. The van der Waals surface area contributed by atoms with Gasteiger partial charge in [-0.05, 0) is 58.0 Å². The van der Waals surface area contributed by atoms with Crippen LogP contribution >= 0.6 is 38.9 Å². The predicted octanol–water partition coefficient (Wildman–Crippen LogP) is 4.81. The van der Waals surface area contributed by atoms with Gasteiger partial charge in [0, 0.05) is 20.9 Å². The average molecular weight is 349 g/mol. The Morgan fingerprint density at radius 1 is 1.44 bits per heavy atom. The van der Waals surface area contributed by atoms with E-state index < -0.39 is 0 Å². The summed E-state index contributed by atoms with van der Waals surface area (Å²) in [4.78, 5) is 0. The van der Waals surface area contributed by atoms with E-state index in [4.69, 9.17) is 11.6 Å². The Morgan fingerprint density at radius 2 is 2.22 bits per heavy atom. The van der Waals surface area contributed by atoms with Gasteiger partial charge in [-0.1, -0.05) is 17.7 Å². The second kappa shape index (κ2) is 6.15. The Kier molecular flexibility index (Phi) is 4.78. The van der Waals surface area contributed by atoms with Crippen molar-refractivity contribution >= 4 is 38.9 Å². The molecular formula is C13H12BrClFNS. The number of halogens is 3. The van der Waals surface area contributed by atoms with Crippen LogP contribution in [0.2, 0.25) is 5.02 Å². The van der Waals surface area contributed by atoms with Gasteiger partial charge in [0.25, 0.3) is 0 Å². The number of likely N-dealkylation sites (N-methyl/N-ethyl adjacent to an activating group) is 1. The maximum Gasteiger partial charge on any atom is 0.124 e. The highest BCUT2D eigenvalue weighted by Gasteiger charge is 2.15. The largest absolute Gasteiger partial charge is 0.313 e. The molecule has 1 atom stereocenters. The normalized spacial score (nSPS) is 12.7. The summed E-state index contributed by atoms with van der Waals surface area (Å²) in [5, 5.41) is 7.88. The maximum atomic E-state index is 13.0. The number of nitrogens with one attached hydrogen (secondary N) is 1. The lowest BCUT2D eigenvalue weighted by atomic mass is 10.0. The minimum atomic E-state index is -0.304. The van der Waals surface area contributed by atoms with Gasteiger partial charge in [-0.3, -0.25) is 0 Å². The first kappa shape index (κ1) is 14.0. The molecule has 2 aromatic rings. The van der Waals surface area contributed by atoms with Crippen molar-refractivity contribution in [2.75, 3.05) is 7.05 Å². The molecular weight excluding hydrogens is 337 g/mol. The first-order valence-corrected chi connectivity index (χ1v) is 7.56. The van der Waals surface area contributed by atoms with Gasteiger partial charge in [-0.15, -0.1) is 0 Å². The molecule has 0 aliphatic carbocycles. The summed E-state index contributed by atoms with van der Waals surface area (Å²) in [7, 11) is 1.91. The summed E-state index contributed by atoms with van der Waals surface area (Å²) >= 11 is 11.2. The van der Waals surface area contributed by atoms with Gasteiger partial charge in [0.2, 0.25) is 0 Å². The van der Waals surface area contributed by atoms with E-state index in [9.17, 15) is 4.39 Å². The highest BCUT2D eigenvalue weighted by Crippen LogP contribution is 2.31. The Balaban J connectivity index is 2.23. The van der Waals surface area contributed by atoms with E-state index in [1.54, 1.807) is 17.4 Å². The van der Waals surface area contributed by atoms with Crippen LogP contribution < -0.4 is 5.32 Å². The lowest BCUT2D eigenvalue weighted by molar-refractivity contribution is 0.589. The molecule has 1 aromatic heterocycles. The number of rotatable bonds is 4. The standard InChI is InChI=1S/C13H12BrClFNS/c1-17-13(10-6-18-7-11(10)14)4-8-2-3-9(16)5-12(8)15/h2-3,5-7,13,17H,4H2,1H3. The van der Waals surface area contributed by atoms with Crippen molar-refractivity contribution in [1.29, 1.82) is 0 Å². The molecule has 2 rings (SSSR count). The van der Waals surface area contributed by atoms with E-state index in [2.05, 4.69) is 26.6 Å². The smallest absolute Gasteiger partial charge is 0.124 e. The molecule has 18 heavy (non-hydrogen) atoms. The van der Waals surface area contributed by atoms with Crippen molar-refractivity contribution in [3.05, 3.63) is 55.4 Å². The molecule has 0 radical (unpaired) electrons. The van der Waals surface area contributed by atoms with Crippen LogP contribution in [-0.4, -0.2) is 7.05 Å². The van der Waals surface area contributed by atoms with E-state index in [-0.39, 0.29) is 11.9 Å². The van der Waals surface area contributed by atoms with E-state index in [1.165, 1.54) is 17.7 Å². The van der Waals surface area contributed by atoms with E-state index in [0.717, 1.165) is 16.5 Å². The van der Waals surface area contributed by atoms with Gasteiger partial charge in [0.15, 0.2) is 0 Å². The molecule has 1 unspecified atom stereocenters. The molecule has 1 N–H and O–H groups in total. The number of hydrogen-bond donors (Lipinski definition) is 1. The first-order chi connectivity index (χ1) is 8.61. The molecule has 0 saturated carbocycles. The number of thiophene rings is 1. The Morgan fingerprint density at radius 3 is 2.78 bits per heavy atom. The molecule has 0 bridgehead atoms. The Hall–Kier alpha value is -0.420. The topological polar surface area (TPSA) is 12.0 Å². The molecule has 0 saturated heterocycles. The van der Waals surface area contributed by atoms with Gasteiger partial charge in [-0.2, -0.15) is 11.3 Å². The van der Waals surface area contributed by atoms with Crippen molar-refractivity contribution in [3.8, 4) is 0 Å². The fraction of sp³-hybridized carbons (Fsp3) is 0.231. The maximum absolute atomic E-state index is 13.0. The fourth-order valence-electron chi connectivity index (χ4n) is 1.81. The molecule has 0 amide bonds. The summed E-state index contributed by atoms with van der Waals surface area (Å²) in [6.45, 7) is 0. The third-order valence-electron chi connectivity index (χ3n) is 2.81. The minimum Gasteiger partial charge on any atom is -0.313 e. The van der Waals surface area contributed by atoms with Crippen LogP contribution in [0, 0.1) is 5.82 Å². The molecule has 5 heteroatoms. The van der Waals surface area contributed by atoms with Crippen LogP contribution in [0.15, 0.2) is 33.4 Å². The summed E-state index contributed by atoms with van der Waals surface area (Å²) in [5.41, 5.74) is 2.14. The predicted molar refractivity (Wildman–Crippen MR) is 78.9 cm³/mol. The summed E-state index contributed by atoms with van der Waals surface area (Å²) in [6.07, 6.45) is 0.727. The van der Waals surface area contributed by atoms with E-state index >= 15 is 0 Å². The van der Waals surface area contributed by atoms with Crippen LogP contribution in [0.5, 0.6) is 0 Å². The lowest BCUT2D eigenvalue weighted by Crippen LogP contribution is -2.18. The lowest BCUT2D eigenvalue weighted by Gasteiger charge is -2.16. The van der Waals surface area contributed by atoms with E-state index in [1.807, 2.05) is 12.4 Å². The van der Waals surface area contributed by atoms with Crippen LogP contribution in [-0.2, 0) is 6.42 Å². The molecule has 1 heterocycles. The van der Waals surface area contributed by atoms with Crippen molar-refractivity contribution in [1.82, 2.24) is 5.32 Å². The zero-order chi connectivity index (χ0) is 13.1. The number of benzene rings is 1.